The van der Waals surface area contributed by atoms with Crippen molar-refractivity contribution in [3.63, 3.8) is 0 Å². The lowest BCUT2D eigenvalue weighted by Crippen LogP contribution is -1.93. The van der Waals surface area contributed by atoms with E-state index in [9.17, 15) is 0 Å². The van der Waals surface area contributed by atoms with Gasteiger partial charge in [0.15, 0.2) is 0 Å². The highest BCUT2D eigenvalue weighted by atomic mass is 31.0. The van der Waals surface area contributed by atoms with Gasteiger partial charge in [-0.05, 0) is 13.0 Å². The van der Waals surface area contributed by atoms with Gasteiger partial charge >= 0.3 is 0 Å². The topological polar surface area (TPSA) is 9.23 Å². The first kappa shape index (κ1) is 6.87. The molecule has 0 aliphatic heterocycles. The molecule has 0 heterocycles. The lowest BCUT2D eigenvalue weighted by atomic mass is 10.7. The van der Waals surface area contributed by atoms with Crippen LogP contribution in [0.4, 0.5) is 0 Å². The van der Waals surface area contributed by atoms with Crippen molar-refractivity contribution in [3.05, 3.63) is 12.7 Å². The molecule has 0 rings (SSSR count). The van der Waals surface area contributed by atoms with E-state index in [-0.39, 0.29) is 0 Å². The van der Waals surface area contributed by atoms with Gasteiger partial charge in [-0.2, -0.15) is 0 Å². The van der Waals surface area contributed by atoms with Crippen molar-refractivity contribution in [2.45, 2.75) is 6.92 Å². The van der Waals surface area contributed by atoms with Crippen molar-refractivity contribution < 1.29 is 4.74 Å². The first-order valence-electron chi connectivity index (χ1n) is 2.15. The molecule has 0 aromatic heterocycles. The van der Waals surface area contributed by atoms with Gasteiger partial charge in [-0.3, -0.25) is 0 Å². The fraction of sp³-hybridized carbons (Fsp3) is 0.400. The summed E-state index contributed by atoms with van der Waals surface area (Å²) in [7, 11) is 3.16. The quantitative estimate of drug-likeness (QED) is 0.507. The van der Waals surface area contributed by atoms with Crippen LogP contribution in [0.3, 0.4) is 0 Å². The highest BCUT2D eigenvalue weighted by molar-refractivity contribution is 7.21. The minimum absolute atomic E-state index is 0.685. The van der Waals surface area contributed by atoms with Crippen LogP contribution in [0.15, 0.2) is 12.7 Å². The van der Waals surface area contributed by atoms with E-state index in [1.807, 2.05) is 6.92 Å². The Morgan fingerprint density at radius 2 is 2.57 bits per heavy atom. The molecule has 2 heteroatoms. The van der Waals surface area contributed by atoms with Gasteiger partial charge in [-0.15, -0.1) is 0 Å². The smallest absolute Gasteiger partial charge is 0.0933 e. The van der Waals surface area contributed by atoms with Crippen LogP contribution in [-0.4, -0.2) is 12.1 Å². The van der Waals surface area contributed by atoms with Gasteiger partial charge < -0.3 is 4.74 Å². The van der Waals surface area contributed by atoms with Crippen molar-refractivity contribution in [2.75, 3.05) is 6.61 Å². The largest absolute Gasteiger partial charge is 0.342 e. The predicted octanol–water partition coefficient (Wildman–Crippen LogP) is 1.48. The van der Waals surface area contributed by atoms with Crippen molar-refractivity contribution in [3.8, 4) is 0 Å². The lowest BCUT2D eigenvalue weighted by molar-refractivity contribution is 0.339. The average molecular weight is 116 g/mol. The second kappa shape index (κ2) is 4.04. The van der Waals surface area contributed by atoms with Crippen molar-refractivity contribution in [1.82, 2.24) is 0 Å². The molecule has 0 saturated heterocycles. The molecule has 0 atom stereocenters. The fourth-order valence-electron chi connectivity index (χ4n) is 0.214. The van der Waals surface area contributed by atoms with Crippen LogP contribution in [0.25, 0.3) is 0 Å². The third-order valence-electron chi connectivity index (χ3n) is 0.485. The normalized spacial score (nSPS) is 8.14. The Balaban J connectivity index is 3.17. The Morgan fingerprint density at radius 3 is 2.71 bits per heavy atom. The highest BCUT2D eigenvalue weighted by Crippen LogP contribution is 1.82. The number of rotatable bonds is 3. The van der Waals surface area contributed by atoms with E-state index in [4.69, 9.17) is 4.74 Å². The molecule has 1 nitrogen and oxygen atoms in total. The molecule has 0 amide bonds. The minimum atomic E-state index is 0.685. The molecule has 0 unspecified atom stereocenters. The fourth-order valence-corrected chi connectivity index (χ4v) is 0.359. The Hall–Kier alpha value is -0.130. The van der Waals surface area contributed by atoms with Crippen molar-refractivity contribution in [1.29, 1.82) is 0 Å². The second-order valence-electron chi connectivity index (χ2n) is 1.00. The lowest BCUT2D eigenvalue weighted by Gasteiger charge is -1.92. The van der Waals surface area contributed by atoms with Crippen LogP contribution < -0.4 is 0 Å². The maximum Gasteiger partial charge on any atom is 0.0933 e. The maximum atomic E-state index is 4.90. The monoisotopic (exact) mass is 116 g/mol. The molecule has 0 aliphatic rings. The molecule has 0 N–H and O–H groups in total. The molecule has 0 bridgehead atoms. The third kappa shape index (κ3) is 3.71. The van der Waals surface area contributed by atoms with E-state index in [1.54, 1.807) is 6.08 Å². The maximum absolute atomic E-state index is 4.90. The van der Waals surface area contributed by atoms with Gasteiger partial charge in [0, 0.05) is 0 Å². The summed E-state index contributed by atoms with van der Waals surface area (Å²) in [4.78, 5) is 0. The van der Waals surface area contributed by atoms with E-state index < -0.39 is 0 Å². The van der Waals surface area contributed by atoms with Crippen molar-refractivity contribution in [2.24, 2.45) is 0 Å². The molecule has 0 aromatic rings. The average Bonchev–Trinajstić information content (AvgIpc) is 1.68. The minimum Gasteiger partial charge on any atom is -0.342 e. The van der Waals surface area contributed by atoms with E-state index in [0.29, 0.717) is 12.1 Å². The highest BCUT2D eigenvalue weighted by Gasteiger charge is 1.79. The van der Waals surface area contributed by atoms with Crippen LogP contribution in [-0.2, 0) is 4.74 Å². The summed E-state index contributed by atoms with van der Waals surface area (Å²) in [6.07, 6.45) is 1.61. The van der Waals surface area contributed by atoms with Crippen LogP contribution in [0.1, 0.15) is 6.92 Å². The summed E-state index contributed by atoms with van der Waals surface area (Å²) in [5.41, 5.74) is 0.697. The zero-order chi connectivity index (χ0) is 5.70. The van der Waals surface area contributed by atoms with Crippen LogP contribution in [0.2, 0.25) is 0 Å². The van der Waals surface area contributed by atoms with Gasteiger partial charge in [0.25, 0.3) is 0 Å². The SMILES string of the molecule is C=CC(=P)OCC. The molecule has 0 radical (unpaired) electrons. The van der Waals surface area contributed by atoms with Gasteiger partial charge in [-0.25, -0.2) is 0 Å². The molecule has 40 valence electrons. The molecule has 7 heavy (non-hydrogen) atoms. The summed E-state index contributed by atoms with van der Waals surface area (Å²) in [6.45, 7) is 6.07. The van der Waals surface area contributed by atoms with Crippen LogP contribution >= 0.6 is 8.86 Å². The molecular weight excluding hydrogens is 107 g/mol. The number of hydrogen-bond acceptors (Lipinski definition) is 1. The first-order chi connectivity index (χ1) is 3.31. The molecular formula is C5H9OP. The molecule has 0 saturated carbocycles. The molecule has 0 fully saturated rings. The van der Waals surface area contributed by atoms with Gasteiger partial charge in [-0.1, -0.05) is 15.4 Å². The summed E-state index contributed by atoms with van der Waals surface area (Å²) in [6, 6.07) is 0. The van der Waals surface area contributed by atoms with Gasteiger partial charge in [0.2, 0.25) is 0 Å². The van der Waals surface area contributed by atoms with Gasteiger partial charge in [0.05, 0.1) is 12.1 Å². The zero-order valence-electron chi connectivity index (χ0n) is 4.40. The van der Waals surface area contributed by atoms with Crippen molar-refractivity contribution >= 4 is 14.3 Å². The molecule has 0 aliphatic carbocycles. The van der Waals surface area contributed by atoms with E-state index in [0.717, 1.165) is 0 Å². The number of hydrogen-bond donors (Lipinski definition) is 0. The second-order valence-corrected chi connectivity index (χ2v) is 1.49. The molecule has 0 aromatic carbocycles. The summed E-state index contributed by atoms with van der Waals surface area (Å²) < 4.78 is 4.90. The summed E-state index contributed by atoms with van der Waals surface area (Å²) >= 11 is 0. The summed E-state index contributed by atoms with van der Waals surface area (Å²) in [5.74, 6) is 0. The Morgan fingerprint density at radius 1 is 2.00 bits per heavy atom. The zero-order valence-corrected chi connectivity index (χ0v) is 5.40. The first-order valence-corrected chi connectivity index (χ1v) is 2.65. The van der Waals surface area contributed by atoms with E-state index >= 15 is 0 Å². The van der Waals surface area contributed by atoms with E-state index in [2.05, 4.69) is 15.4 Å². The standard InChI is InChI=1S/C5H9OP/c1-3-5(7)6-4-2/h3,7H,1,4H2,2H3. The van der Waals surface area contributed by atoms with Crippen LogP contribution in [0.5, 0.6) is 0 Å². The summed E-state index contributed by atoms with van der Waals surface area (Å²) in [5, 5.41) is 0. The Labute approximate surface area is 46.2 Å². The number of ether oxygens (including phenoxy) is 1. The third-order valence-corrected chi connectivity index (χ3v) is 0.834. The van der Waals surface area contributed by atoms with E-state index in [1.165, 1.54) is 0 Å². The Bertz CT molecular complexity index is 78.1. The molecule has 0 spiro atoms. The predicted molar refractivity (Wildman–Crippen MR) is 35.1 cm³/mol. The van der Waals surface area contributed by atoms with Gasteiger partial charge in [0.1, 0.15) is 0 Å². The van der Waals surface area contributed by atoms with Crippen LogP contribution in [0, 0.1) is 0 Å². The Kier molecular flexibility index (Phi) is 3.97.